The summed E-state index contributed by atoms with van der Waals surface area (Å²) in [4.78, 5) is 42.4. The zero-order valence-corrected chi connectivity index (χ0v) is 19.0. The van der Waals surface area contributed by atoms with Gasteiger partial charge in [0.05, 0.1) is 11.8 Å². The zero-order chi connectivity index (χ0) is 24.2. The molecular formula is C28H25N3O4. The number of carbonyl (C=O) groups is 3. The average Bonchev–Trinajstić information content (AvgIpc) is 3.44. The predicted molar refractivity (Wildman–Crippen MR) is 129 cm³/mol. The fraction of sp³-hybridized carbons (Fsp3) is 0.250. The van der Waals surface area contributed by atoms with Crippen LogP contribution < -0.4 is 10.6 Å². The van der Waals surface area contributed by atoms with Crippen LogP contribution in [0.3, 0.4) is 0 Å². The summed E-state index contributed by atoms with van der Waals surface area (Å²) in [6.45, 7) is 0.278. The Labute approximate surface area is 202 Å². The molecule has 2 saturated heterocycles. The van der Waals surface area contributed by atoms with Gasteiger partial charge < -0.3 is 10.4 Å². The lowest BCUT2D eigenvalue weighted by Crippen LogP contribution is -2.53. The van der Waals surface area contributed by atoms with Crippen molar-refractivity contribution in [3.05, 3.63) is 95.6 Å². The number of aromatic hydroxyl groups is 1. The van der Waals surface area contributed by atoms with Gasteiger partial charge in [-0.25, -0.2) is 0 Å². The number of benzene rings is 3. The Morgan fingerprint density at radius 2 is 1.54 bits per heavy atom. The van der Waals surface area contributed by atoms with E-state index in [-0.39, 0.29) is 30.0 Å². The maximum absolute atomic E-state index is 13.8. The van der Waals surface area contributed by atoms with Crippen LogP contribution in [0.5, 0.6) is 5.75 Å². The zero-order valence-electron chi connectivity index (χ0n) is 19.0. The number of amides is 3. The fourth-order valence-corrected chi connectivity index (χ4v) is 5.98. The quantitative estimate of drug-likeness (QED) is 0.501. The molecule has 7 nitrogen and oxygen atoms in total. The van der Waals surface area contributed by atoms with E-state index in [9.17, 15) is 19.5 Å². The number of imide groups is 1. The van der Waals surface area contributed by atoms with Gasteiger partial charge in [-0.1, -0.05) is 60.7 Å². The van der Waals surface area contributed by atoms with Crippen LogP contribution in [0.4, 0.5) is 5.69 Å². The molecule has 176 valence electrons. The molecule has 3 aliphatic rings. The number of likely N-dealkylation sites (tertiary alicyclic amines) is 1. The van der Waals surface area contributed by atoms with E-state index in [4.69, 9.17) is 0 Å². The van der Waals surface area contributed by atoms with E-state index < -0.39 is 23.4 Å². The van der Waals surface area contributed by atoms with Crippen LogP contribution in [0.1, 0.15) is 16.7 Å². The van der Waals surface area contributed by atoms with Gasteiger partial charge in [-0.15, -0.1) is 0 Å². The lowest BCUT2D eigenvalue weighted by molar-refractivity contribution is -0.142. The third kappa shape index (κ3) is 3.26. The number of nitrogens with one attached hydrogen (secondary N) is 2. The monoisotopic (exact) mass is 467 g/mol. The van der Waals surface area contributed by atoms with Crippen LogP contribution in [0.15, 0.2) is 78.9 Å². The number of nitrogens with zero attached hydrogens (tertiary/aromatic N) is 1. The Bertz CT molecular complexity index is 1320. The summed E-state index contributed by atoms with van der Waals surface area (Å²) in [6.07, 6.45) is 1.01. The van der Waals surface area contributed by atoms with Crippen molar-refractivity contribution in [2.75, 3.05) is 11.9 Å². The van der Waals surface area contributed by atoms with E-state index in [2.05, 4.69) is 10.6 Å². The van der Waals surface area contributed by atoms with Gasteiger partial charge in [-0.3, -0.25) is 24.6 Å². The molecule has 6 rings (SSSR count). The van der Waals surface area contributed by atoms with Crippen molar-refractivity contribution in [2.24, 2.45) is 11.8 Å². The number of carbonyl (C=O) groups excluding carboxylic acids is 3. The van der Waals surface area contributed by atoms with E-state index in [0.29, 0.717) is 24.1 Å². The predicted octanol–water partition coefficient (Wildman–Crippen LogP) is 2.60. The second-order valence-electron chi connectivity index (χ2n) is 9.50. The molecule has 3 aromatic carbocycles. The van der Waals surface area contributed by atoms with Crippen LogP contribution in [0.2, 0.25) is 0 Å². The summed E-state index contributed by atoms with van der Waals surface area (Å²) in [5, 5.41) is 16.0. The molecule has 0 bridgehead atoms. The highest BCUT2D eigenvalue weighted by Crippen LogP contribution is 2.53. The summed E-state index contributed by atoms with van der Waals surface area (Å²) >= 11 is 0. The highest BCUT2D eigenvalue weighted by atomic mass is 16.3. The number of hydrogen-bond donors (Lipinski definition) is 3. The fourth-order valence-electron chi connectivity index (χ4n) is 5.98. The minimum Gasteiger partial charge on any atom is -0.508 e. The van der Waals surface area contributed by atoms with Gasteiger partial charge in [0.25, 0.3) is 0 Å². The molecule has 3 aromatic rings. The van der Waals surface area contributed by atoms with Crippen LogP contribution in [0.25, 0.3) is 0 Å². The minimum atomic E-state index is -1.29. The largest absolute Gasteiger partial charge is 0.508 e. The van der Waals surface area contributed by atoms with Crippen molar-refractivity contribution >= 4 is 23.4 Å². The Kier molecular flexibility index (Phi) is 4.96. The molecule has 4 atom stereocenters. The first-order valence-corrected chi connectivity index (χ1v) is 11.8. The van der Waals surface area contributed by atoms with Gasteiger partial charge in [0.15, 0.2) is 0 Å². The first kappa shape index (κ1) is 21.6. The molecule has 2 unspecified atom stereocenters. The molecular weight excluding hydrogens is 442 g/mol. The highest BCUT2D eigenvalue weighted by molar-refractivity contribution is 6.15. The van der Waals surface area contributed by atoms with Gasteiger partial charge in [-0.05, 0) is 42.2 Å². The van der Waals surface area contributed by atoms with Crippen molar-refractivity contribution in [1.29, 1.82) is 0 Å². The second kappa shape index (κ2) is 8.06. The SMILES string of the molecule is O=C1[C@@H]2C(Cc3ccc(O)cc3)NC3(C(=O)Nc4ccccc43)[C@@H]2C(=O)N1CCc1ccccc1. The molecule has 0 radical (unpaired) electrons. The number of para-hydroxylation sites is 1. The molecule has 3 amide bonds. The lowest BCUT2D eigenvalue weighted by Gasteiger charge is -2.29. The van der Waals surface area contributed by atoms with Gasteiger partial charge >= 0.3 is 0 Å². The smallest absolute Gasteiger partial charge is 0.250 e. The van der Waals surface area contributed by atoms with Crippen molar-refractivity contribution in [1.82, 2.24) is 10.2 Å². The van der Waals surface area contributed by atoms with Crippen molar-refractivity contribution < 1.29 is 19.5 Å². The Balaban J connectivity index is 1.39. The molecule has 0 aliphatic carbocycles. The van der Waals surface area contributed by atoms with E-state index in [1.54, 1.807) is 24.3 Å². The first-order chi connectivity index (χ1) is 17.0. The summed E-state index contributed by atoms with van der Waals surface area (Å²) in [7, 11) is 0. The molecule has 1 spiro atoms. The van der Waals surface area contributed by atoms with E-state index in [0.717, 1.165) is 11.1 Å². The minimum absolute atomic E-state index is 0.158. The number of rotatable bonds is 5. The van der Waals surface area contributed by atoms with Crippen LogP contribution in [-0.4, -0.2) is 40.3 Å². The maximum atomic E-state index is 13.8. The van der Waals surface area contributed by atoms with E-state index >= 15 is 0 Å². The third-order valence-corrected chi connectivity index (χ3v) is 7.57. The lowest BCUT2D eigenvalue weighted by atomic mass is 9.76. The number of fused-ring (bicyclic) bond motifs is 4. The molecule has 0 aromatic heterocycles. The Morgan fingerprint density at radius 3 is 2.31 bits per heavy atom. The highest BCUT2D eigenvalue weighted by Gasteiger charge is 2.70. The summed E-state index contributed by atoms with van der Waals surface area (Å²) in [5.41, 5.74) is 2.03. The summed E-state index contributed by atoms with van der Waals surface area (Å²) in [5.74, 6) is -2.16. The van der Waals surface area contributed by atoms with Crippen LogP contribution in [0, 0.1) is 11.8 Å². The van der Waals surface area contributed by atoms with E-state index in [1.165, 1.54) is 4.90 Å². The summed E-state index contributed by atoms with van der Waals surface area (Å²) in [6, 6.07) is 23.5. The standard InChI is InChI=1S/C28H25N3O4/c32-19-12-10-18(11-13-19)16-22-23-24(28(30-22)20-8-4-5-9-21(20)29-27(28)35)26(34)31(25(23)33)15-14-17-6-2-1-3-7-17/h1-13,22-24,30,32H,14-16H2,(H,29,35)/t22?,23-,24+,28?/m1/s1. The van der Waals surface area contributed by atoms with Crippen molar-refractivity contribution in [3.63, 3.8) is 0 Å². The third-order valence-electron chi connectivity index (χ3n) is 7.57. The molecule has 3 aliphatic heterocycles. The number of hydrogen-bond acceptors (Lipinski definition) is 5. The molecule has 0 saturated carbocycles. The topological polar surface area (TPSA) is 98.7 Å². The number of phenolic OH excluding ortho intramolecular Hbond substituents is 1. The second-order valence-corrected chi connectivity index (χ2v) is 9.50. The van der Waals surface area contributed by atoms with Gasteiger partial charge in [0, 0.05) is 23.8 Å². The normalized spacial score (nSPS) is 26.8. The number of phenols is 1. The van der Waals surface area contributed by atoms with Gasteiger partial charge in [-0.2, -0.15) is 0 Å². The van der Waals surface area contributed by atoms with Gasteiger partial charge in [0.1, 0.15) is 11.3 Å². The van der Waals surface area contributed by atoms with Gasteiger partial charge in [0.2, 0.25) is 17.7 Å². The van der Waals surface area contributed by atoms with Crippen molar-refractivity contribution in [2.45, 2.75) is 24.4 Å². The summed E-state index contributed by atoms with van der Waals surface area (Å²) < 4.78 is 0. The van der Waals surface area contributed by atoms with Crippen LogP contribution >= 0.6 is 0 Å². The first-order valence-electron chi connectivity index (χ1n) is 11.8. The molecule has 7 heteroatoms. The molecule has 2 fully saturated rings. The molecule has 3 heterocycles. The molecule has 35 heavy (non-hydrogen) atoms. The Hall–Kier alpha value is -3.97. The van der Waals surface area contributed by atoms with Crippen molar-refractivity contribution in [3.8, 4) is 5.75 Å². The molecule has 3 N–H and O–H groups in total. The van der Waals surface area contributed by atoms with E-state index in [1.807, 2.05) is 54.6 Å². The average molecular weight is 468 g/mol. The number of anilines is 1. The Morgan fingerprint density at radius 1 is 0.829 bits per heavy atom. The maximum Gasteiger partial charge on any atom is 0.250 e. The van der Waals surface area contributed by atoms with Crippen LogP contribution in [-0.2, 0) is 32.8 Å².